The highest BCUT2D eigenvalue weighted by atomic mass is 32.2. The van der Waals surface area contributed by atoms with E-state index < -0.39 is 10.2 Å². The summed E-state index contributed by atoms with van der Waals surface area (Å²) >= 11 is 0. The third-order valence-corrected chi connectivity index (χ3v) is 4.96. The van der Waals surface area contributed by atoms with Crippen molar-refractivity contribution in [1.29, 1.82) is 0 Å². The molecule has 0 bridgehead atoms. The van der Waals surface area contributed by atoms with Crippen molar-refractivity contribution in [2.45, 2.75) is 0 Å². The summed E-state index contributed by atoms with van der Waals surface area (Å²) in [6.07, 6.45) is 0. The molecule has 20 heavy (non-hydrogen) atoms. The van der Waals surface area contributed by atoms with Crippen molar-refractivity contribution < 1.29 is 8.42 Å². The Balaban J connectivity index is 1.80. The maximum Gasteiger partial charge on any atom is 0.279 e. The van der Waals surface area contributed by atoms with Gasteiger partial charge in [-0.05, 0) is 12.1 Å². The fourth-order valence-corrected chi connectivity index (χ4v) is 3.32. The maximum atomic E-state index is 12.1. The van der Waals surface area contributed by atoms with Gasteiger partial charge in [-0.25, -0.2) is 4.72 Å². The van der Waals surface area contributed by atoms with Crippen molar-refractivity contribution in [3.05, 3.63) is 30.3 Å². The van der Waals surface area contributed by atoms with Crippen LogP contribution < -0.4 is 14.9 Å². The predicted octanol–water partition coefficient (Wildman–Crippen LogP) is -0.138. The molecule has 1 aromatic rings. The molecule has 0 radical (unpaired) electrons. The first kappa shape index (κ1) is 15.2. The monoisotopic (exact) mass is 298 g/mol. The number of anilines is 1. The number of likely N-dealkylation sites (N-methyl/N-ethyl adjacent to an activating group) is 1. The van der Waals surface area contributed by atoms with Crippen molar-refractivity contribution in [1.82, 2.24) is 14.3 Å². The van der Waals surface area contributed by atoms with Crippen molar-refractivity contribution in [3.63, 3.8) is 0 Å². The van der Waals surface area contributed by atoms with Gasteiger partial charge in [-0.3, -0.25) is 0 Å². The van der Waals surface area contributed by atoms with E-state index in [-0.39, 0.29) is 0 Å². The van der Waals surface area contributed by atoms with E-state index in [0.717, 1.165) is 5.69 Å². The fourth-order valence-electron chi connectivity index (χ4n) is 2.13. The van der Waals surface area contributed by atoms with Crippen molar-refractivity contribution in [2.75, 3.05) is 51.2 Å². The van der Waals surface area contributed by atoms with E-state index in [4.69, 9.17) is 0 Å². The first-order chi connectivity index (χ1) is 9.59. The lowest BCUT2D eigenvalue weighted by atomic mass is 10.3. The largest absolute Gasteiger partial charge is 0.373 e. The molecule has 0 aromatic heterocycles. The molecule has 0 spiro atoms. The molecule has 2 N–H and O–H groups in total. The second-order valence-electron chi connectivity index (χ2n) is 4.81. The second kappa shape index (κ2) is 7.03. The van der Waals surface area contributed by atoms with Crippen LogP contribution in [0.2, 0.25) is 0 Å². The summed E-state index contributed by atoms with van der Waals surface area (Å²) in [6.45, 7) is 3.52. The van der Waals surface area contributed by atoms with Crippen LogP contribution in [-0.4, -0.2) is 59.0 Å². The number of piperazine rings is 1. The van der Waals surface area contributed by atoms with Gasteiger partial charge < -0.3 is 10.2 Å². The summed E-state index contributed by atoms with van der Waals surface area (Å²) in [6, 6.07) is 9.91. The summed E-state index contributed by atoms with van der Waals surface area (Å²) < 4.78 is 28.3. The molecule has 112 valence electrons. The lowest BCUT2D eigenvalue weighted by Gasteiger charge is -2.27. The molecule has 1 aliphatic heterocycles. The molecule has 0 unspecified atom stereocenters. The highest BCUT2D eigenvalue weighted by molar-refractivity contribution is 7.87. The molecule has 1 aromatic carbocycles. The van der Waals surface area contributed by atoms with Gasteiger partial charge in [0.2, 0.25) is 0 Å². The van der Waals surface area contributed by atoms with Gasteiger partial charge in [0.15, 0.2) is 0 Å². The van der Waals surface area contributed by atoms with Gasteiger partial charge in [0.25, 0.3) is 10.2 Å². The van der Waals surface area contributed by atoms with Crippen molar-refractivity contribution in [3.8, 4) is 0 Å². The maximum absolute atomic E-state index is 12.1. The number of nitrogens with one attached hydrogen (secondary N) is 2. The molecule has 0 saturated carbocycles. The van der Waals surface area contributed by atoms with E-state index in [1.807, 2.05) is 42.3 Å². The Hall–Kier alpha value is -1.15. The molecule has 2 rings (SSSR count). The molecule has 0 amide bonds. The van der Waals surface area contributed by atoms with Crippen molar-refractivity contribution >= 4 is 15.9 Å². The van der Waals surface area contributed by atoms with Crippen LogP contribution in [0.4, 0.5) is 5.69 Å². The quantitative estimate of drug-likeness (QED) is 0.767. The summed E-state index contributed by atoms with van der Waals surface area (Å²) in [7, 11) is -1.39. The number of hydrogen-bond donors (Lipinski definition) is 2. The summed E-state index contributed by atoms with van der Waals surface area (Å²) in [5.41, 5.74) is 1.08. The fraction of sp³-hybridized carbons (Fsp3) is 0.538. The van der Waals surface area contributed by atoms with Crippen LogP contribution in [0.3, 0.4) is 0 Å². The Morgan fingerprint density at radius 1 is 1.25 bits per heavy atom. The molecule has 0 aliphatic carbocycles. The Morgan fingerprint density at radius 2 is 1.90 bits per heavy atom. The Labute approximate surface area is 120 Å². The number of hydrogen-bond acceptors (Lipinski definition) is 4. The standard InChI is InChI=1S/C13H22N4O2S/c1-16(13-5-3-2-4-6-13)10-9-15-20(18,19)17-11-7-14-8-12-17/h2-6,14-15H,7-12H2,1H3. The van der Waals surface area contributed by atoms with Gasteiger partial charge in [-0.1, -0.05) is 18.2 Å². The number of rotatable bonds is 6. The lowest BCUT2D eigenvalue weighted by Crippen LogP contribution is -2.51. The third kappa shape index (κ3) is 4.17. The number of benzene rings is 1. The first-order valence-electron chi connectivity index (χ1n) is 6.81. The molecule has 6 nitrogen and oxygen atoms in total. The normalized spacial score (nSPS) is 17.1. The minimum absolute atomic E-state index is 0.400. The Kier molecular flexibility index (Phi) is 5.36. The third-order valence-electron chi connectivity index (χ3n) is 3.34. The van der Waals surface area contributed by atoms with Gasteiger partial charge in [0.1, 0.15) is 0 Å². The van der Waals surface area contributed by atoms with Crippen LogP contribution >= 0.6 is 0 Å². The number of nitrogens with zero attached hydrogens (tertiary/aromatic N) is 2. The average molecular weight is 298 g/mol. The van der Waals surface area contributed by atoms with Gasteiger partial charge in [-0.2, -0.15) is 12.7 Å². The highest BCUT2D eigenvalue weighted by Crippen LogP contribution is 2.10. The highest BCUT2D eigenvalue weighted by Gasteiger charge is 2.22. The van der Waals surface area contributed by atoms with Crippen LogP contribution in [0.5, 0.6) is 0 Å². The van der Waals surface area contributed by atoms with E-state index in [9.17, 15) is 8.42 Å². The average Bonchev–Trinajstić information content (AvgIpc) is 2.49. The van der Waals surface area contributed by atoms with Crippen LogP contribution in [0.15, 0.2) is 30.3 Å². The van der Waals surface area contributed by atoms with Crippen LogP contribution in [-0.2, 0) is 10.2 Å². The first-order valence-corrected chi connectivity index (χ1v) is 8.25. The van der Waals surface area contributed by atoms with E-state index in [2.05, 4.69) is 10.0 Å². The van der Waals surface area contributed by atoms with Crippen LogP contribution in [0.1, 0.15) is 0 Å². The van der Waals surface area contributed by atoms with E-state index in [1.165, 1.54) is 4.31 Å². The molecular weight excluding hydrogens is 276 g/mol. The summed E-state index contributed by atoms with van der Waals surface area (Å²) in [5, 5.41) is 3.14. The van der Waals surface area contributed by atoms with E-state index >= 15 is 0 Å². The molecule has 1 aliphatic rings. The SMILES string of the molecule is CN(CCNS(=O)(=O)N1CCNCC1)c1ccccc1. The summed E-state index contributed by atoms with van der Waals surface area (Å²) in [4.78, 5) is 2.03. The molecule has 7 heteroatoms. The van der Waals surface area contributed by atoms with E-state index in [1.54, 1.807) is 0 Å². The molecule has 1 heterocycles. The van der Waals surface area contributed by atoms with Gasteiger partial charge in [-0.15, -0.1) is 0 Å². The second-order valence-corrected chi connectivity index (χ2v) is 6.56. The minimum atomic E-state index is -3.34. The Bertz CT molecular complexity index is 500. The molecular formula is C13H22N4O2S. The van der Waals surface area contributed by atoms with E-state index in [0.29, 0.717) is 39.3 Å². The minimum Gasteiger partial charge on any atom is -0.373 e. The molecule has 1 saturated heterocycles. The topological polar surface area (TPSA) is 64.7 Å². The predicted molar refractivity (Wildman–Crippen MR) is 81.1 cm³/mol. The zero-order valence-electron chi connectivity index (χ0n) is 11.7. The number of para-hydroxylation sites is 1. The lowest BCUT2D eigenvalue weighted by molar-refractivity contribution is 0.355. The zero-order chi connectivity index (χ0) is 14.4. The van der Waals surface area contributed by atoms with Crippen molar-refractivity contribution in [2.24, 2.45) is 0 Å². The zero-order valence-corrected chi connectivity index (χ0v) is 12.6. The smallest absolute Gasteiger partial charge is 0.279 e. The van der Waals surface area contributed by atoms with Crippen LogP contribution in [0, 0.1) is 0 Å². The Morgan fingerprint density at radius 3 is 2.55 bits per heavy atom. The summed E-state index contributed by atoms with van der Waals surface area (Å²) in [5.74, 6) is 0. The molecule has 1 fully saturated rings. The van der Waals surface area contributed by atoms with Gasteiger partial charge >= 0.3 is 0 Å². The van der Waals surface area contributed by atoms with Gasteiger partial charge in [0, 0.05) is 52.0 Å². The van der Waals surface area contributed by atoms with Gasteiger partial charge in [0.05, 0.1) is 0 Å². The van der Waals surface area contributed by atoms with Crippen LogP contribution in [0.25, 0.3) is 0 Å². The molecule has 0 atom stereocenters.